The maximum Gasteiger partial charge on any atom is 0.261 e. The molecule has 1 aliphatic carbocycles. The highest BCUT2D eigenvalue weighted by molar-refractivity contribution is 8.13. The standard InChI is InChI=1S/C9H6Cl2O2S/c10-7-5-4-6-2-1-3-8(9(6)7)14(11,12)13/h1-3,5H,4H2. The predicted octanol–water partition coefficient (Wildman–Crippen LogP) is 2.75. The number of allylic oxidation sites excluding steroid dienone is 1. The first kappa shape index (κ1) is 10.0. The lowest BCUT2D eigenvalue weighted by molar-refractivity contribution is 0.609. The van der Waals surface area contributed by atoms with E-state index >= 15 is 0 Å². The third kappa shape index (κ3) is 1.56. The van der Waals surface area contributed by atoms with E-state index in [4.69, 9.17) is 22.3 Å². The number of hydrogen-bond acceptors (Lipinski definition) is 2. The summed E-state index contributed by atoms with van der Waals surface area (Å²) in [5.74, 6) is 0. The summed E-state index contributed by atoms with van der Waals surface area (Å²) in [6.45, 7) is 0. The fourth-order valence-electron chi connectivity index (χ4n) is 1.52. The summed E-state index contributed by atoms with van der Waals surface area (Å²) in [6, 6.07) is 4.97. The molecule has 0 bridgehead atoms. The molecule has 0 atom stereocenters. The van der Waals surface area contributed by atoms with Crippen molar-refractivity contribution in [2.45, 2.75) is 11.3 Å². The Balaban J connectivity index is 2.77. The second-order valence-corrected chi connectivity index (χ2v) is 5.93. The molecule has 14 heavy (non-hydrogen) atoms. The lowest BCUT2D eigenvalue weighted by atomic mass is 10.1. The highest BCUT2D eigenvalue weighted by Gasteiger charge is 2.22. The first-order chi connectivity index (χ1) is 6.50. The van der Waals surface area contributed by atoms with Crippen molar-refractivity contribution in [3.8, 4) is 0 Å². The molecule has 0 aliphatic heterocycles. The molecule has 74 valence electrons. The minimum absolute atomic E-state index is 0.0930. The highest BCUT2D eigenvalue weighted by Crippen LogP contribution is 2.36. The van der Waals surface area contributed by atoms with Crippen LogP contribution in [0, 0.1) is 0 Å². The second-order valence-electron chi connectivity index (χ2n) is 2.98. The van der Waals surface area contributed by atoms with E-state index in [1.165, 1.54) is 6.07 Å². The number of benzene rings is 1. The molecule has 0 N–H and O–H groups in total. The molecule has 5 heteroatoms. The van der Waals surface area contributed by atoms with Gasteiger partial charge in [-0.1, -0.05) is 29.8 Å². The molecule has 1 aromatic carbocycles. The summed E-state index contributed by atoms with van der Waals surface area (Å²) in [5.41, 5.74) is 1.45. The summed E-state index contributed by atoms with van der Waals surface area (Å²) < 4.78 is 22.4. The molecular formula is C9H6Cl2O2S. The maximum absolute atomic E-state index is 11.2. The van der Waals surface area contributed by atoms with Crippen molar-refractivity contribution < 1.29 is 8.42 Å². The largest absolute Gasteiger partial charge is 0.261 e. The number of halogens is 2. The van der Waals surface area contributed by atoms with Gasteiger partial charge in [-0.15, -0.1) is 0 Å². The third-order valence-corrected chi connectivity index (χ3v) is 3.82. The molecule has 1 aromatic rings. The van der Waals surface area contributed by atoms with E-state index in [0.717, 1.165) is 5.56 Å². The predicted molar refractivity (Wildman–Crippen MR) is 57.0 cm³/mol. The van der Waals surface area contributed by atoms with Crippen LogP contribution < -0.4 is 0 Å². The Morgan fingerprint density at radius 2 is 2.00 bits per heavy atom. The summed E-state index contributed by atoms with van der Waals surface area (Å²) in [4.78, 5) is 0.0930. The second kappa shape index (κ2) is 3.26. The Morgan fingerprint density at radius 3 is 2.64 bits per heavy atom. The van der Waals surface area contributed by atoms with Crippen LogP contribution in [-0.2, 0) is 15.5 Å². The van der Waals surface area contributed by atoms with Gasteiger partial charge < -0.3 is 0 Å². The molecule has 0 saturated heterocycles. The molecule has 0 spiro atoms. The van der Waals surface area contributed by atoms with Crippen molar-refractivity contribution in [1.82, 2.24) is 0 Å². The molecule has 0 fully saturated rings. The zero-order valence-electron chi connectivity index (χ0n) is 7.00. The number of hydrogen-bond donors (Lipinski definition) is 0. The lowest BCUT2D eigenvalue weighted by Gasteiger charge is -2.05. The summed E-state index contributed by atoms with van der Waals surface area (Å²) in [5, 5.41) is 0.458. The molecule has 2 nitrogen and oxygen atoms in total. The van der Waals surface area contributed by atoms with E-state index in [2.05, 4.69) is 0 Å². The highest BCUT2D eigenvalue weighted by atomic mass is 35.7. The van der Waals surface area contributed by atoms with Gasteiger partial charge in [-0.05, 0) is 18.1 Å². The first-order valence-electron chi connectivity index (χ1n) is 3.93. The van der Waals surface area contributed by atoms with Gasteiger partial charge >= 0.3 is 0 Å². The Hall–Kier alpha value is -0.510. The van der Waals surface area contributed by atoms with E-state index in [0.29, 0.717) is 17.0 Å². The van der Waals surface area contributed by atoms with Crippen molar-refractivity contribution in [2.24, 2.45) is 0 Å². The lowest BCUT2D eigenvalue weighted by Crippen LogP contribution is -1.96. The average Bonchev–Trinajstić information content (AvgIpc) is 2.46. The Bertz CT molecular complexity index is 518. The van der Waals surface area contributed by atoms with Crippen LogP contribution in [0.1, 0.15) is 11.1 Å². The van der Waals surface area contributed by atoms with E-state index in [9.17, 15) is 8.42 Å². The van der Waals surface area contributed by atoms with Crippen LogP contribution in [0.5, 0.6) is 0 Å². The zero-order valence-corrected chi connectivity index (χ0v) is 9.33. The van der Waals surface area contributed by atoms with Gasteiger partial charge in [0.15, 0.2) is 0 Å². The Labute approximate surface area is 91.6 Å². The van der Waals surface area contributed by atoms with Gasteiger partial charge in [0.25, 0.3) is 9.05 Å². The molecule has 0 unspecified atom stereocenters. The molecular weight excluding hydrogens is 243 g/mol. The zero-order chi connectivity index (χ0) is 10.3. The van der Waals surface area contributed by atoms with Gasteiger partial charge in [0.1, 0.15) is 0 Å². The number of fused-ring (bicyclic) bond motifs is 1. The summed E-state index contributed by atoms with van der Waals surface area (Å²) >= 11 is 5.89. The monoisotopic (exact) mass is 248 g/mol. The summed E-state index contributed by atoms with van der Waals surface area (Å²) in [7, 11) is 1.58. The molecule has 0 amide bonds. The SMILES string of the molecule is O=S(=O)(Cl)c1cccc2c1C(Cl)=CC2. The van der Waals surface area contributed by atoms with Gasteiger partial charge in [0.2, 0.25) is 0 Å². The van der Waals surface area contributed by atoms with Crippen LogP contribution in [0.2, 0.25) is 0 Å². The molecule has 0 radical (unpaired) electrons. The van der Waals surface area contributed by atoms with Crippen molar-refractivity contribution in [3.63, 3.8) is 0 Å². The third-order valence-electron chi connectivity index (χ3n) is 2.12. The van der Waals surface area contributed by atoms with Crippen molar-refractivity contribution >= 4 is 36.4 Å². The van der Waals surface area contributed by atoms with Crippen molar-refractivity contribution in [2.75, 3.05) is 0 Å². The van der Waals surface area contributed by atoms with E-state index in [1.807, 2.05) is 6.07 Å². The van der Waals surface area contributed by atoms with Crippen LogP contribution in [-0.4, -0.2) is 8.42 Å². The van der Waals surface area contributed by atoms with E-state index < -0.39 is 9.05 Å². The average molecular weight is 249 g/mol. The fourth-order valence-corrected chi connectivity index (χ4v) is 2.99. The van der Waals surface area contributed by atoms with E-state index in [-0.39, 0.29) is 4.90 Å². The number of rotatable bonds is 1. The van der Waals surface area contributed by atoms with Crippen LogP contribution in [0.4, 0.5) is 0 Å². The van der Waals surface area contributed by atoms with Gasteiger partial charge in [0.05, 0.1) is 4.90 Å². The van der Waals surface area contributed by atoms with Gasteiger partial charge in [-0.3, -0.25) is 0 Å². The Morgan fingerprint density at radius 1 is 1.29 bits per heavy atom. The fraction of sp³-hybridized carbons (Fsp3) is 0.111. The van der Waals surface area contributed by atoms with Crippen molar-refractivity contribution in [1.29, 1.82) is 0 Å². The smallest absolute Gasteiger partial charge is 0.207 e. The van der Waals surface area contributed by atoms with Crippen LogP contribution in [0.25, 0.3) is 5.03 Å². The minimum Gasteiger partial charge on any atom is -0.207 e. The van der Waals surface area contributed by atoms with Gasteiger partial charge in [0, 0.05) is 21.3 Å². The van der Waals surface area contributed by atoms with E-state index in [1.54, 1.807) is 12.1 Å². The molecule has 0 saturated carbocycles. The summed E-state index contributed by atoms with van der Waals surface area (Å²) in [6.07, 6.45) is 2.44. The van der Waals surface area contributed by atoms with Gasteiger partial charge in [-0.2, -0.15) is 0 Å². The molecule has 0 heterocycles. The van der Waals surface area contributed by atoms with Crippen LogP contribution in [0.15, 0.2) is 29.2 Å². The molecule has 1 aliphatic rings. The molecule has 0 aromatic heterocycles. The Kier molecular flexibility index (Phi) is 2.33. The topological polar surface area (TPSA) is 34.1 Å². The van der Waals surface area contributed by atoms with Crippen LogP contribution >= 0.6 is 22.3 Å². The van der Waals surface area contributed by atoms with Crippen LogP contribution in [0.3, 0.4) is 0 Å². The van der Waals surface area contributed by atoms with Crippen molar-refractivity contribution in [3.05, 3.63) is 35.4 Å². The normalized spacial score (nSPS) is 15.1. The first-order valence-corrected chi connectivity index (χ1v) is 6.61. The quantitative estimate of drug-likeness (QED) is 0.717. The van der Waals surface area contributed by atoms with Gasteiger partial charge in [-0.25, -0.2) is 8.42 Å². The molecule has 2 rings (SSSR count). The minimum atomic E-state index is -3.71. The maximum atomic E-state index is 11.2.